The molecule has 0 atom stereocenters. The summed E-state index contributed by atoms with van der Waals surface area (Å²) in [7, 11) is 0. The second-order valence-electron chi connectivity index (χ2n) is 4.67. The lowest BCUT2D eigenvalue weighted by Gasteiger charge is -2.19. The van der Waals surface area contributed by atoms with E-state index < -0.39 is 5.82 Å². The Morgan fingerprint density at radius 1 is 1.32 bits per heavy atom. The minimum Gasteiger partial charge on any atom is -0.325 e. The van der Waals surface area contributed by atoms with E-state index in [2.05, 4.69) is 15.7 Å². The van der Waals surface area contributed by atoms with Gasteiger partial charge in [0.2, 0.25) is 5.96 Å². The van der Waals surface area contributed by atoms with E-state index in [1.807, 2.05) is 0 Å². The molecular weight excluding hydrogens is 267 g/mol. The Balaban J connectivity index is 2.05. The van der Waals surface area contributed by atoms with E-state index in [4.69, 9.17) is 17.4 Å². The molecule has 0 spiro atoms. The van der Waals surface area contributed by atoms with Gasteiger partial charge in [0.25, 0.3) is 0 Å². The van der Waals surface area contributed by atoms with Crippen LogP contribution in [0.2, 0.25) is 5.02 Å². The van der Waals surface area contributed by atoms with Gasteiger partial charge in [0.1, 0.15) is 5.82 Å². The molecule has 0 aliphatic heterocycles. The van der Waals surface area contributed by atoms with Crippen molar-refractivity contribution >= 4 is 23.2 Å². The van der Waals surface area contributed by atoms with Crippen molar-refractivity contribution < 1.29 is 4.39 Å². The van der Waals surface area contributed by atoms with Crippen LogP contribution in [-0.4, -0.2) is 12.0 Å². The largest absolute Gasteiger partial charge is 0.325 e. The van der Waals surface area contributed by atoms with Crippen LogP contribution in [0.3, 0.4) is 0 Å². The number of hydrazine groups is 1. The van der Waals surface area contributed by atoms with Crippen LogP contribution in [0.4, 0.5) is 10.1 Å². The summed E-state index contributed by atoms with van der Waals surface area (Å²) < 4.78 is 13.3. The topological polar surface area (TPSA) is 62.4 Å². The van der Waals surface area contributed by atoms with E-state index in [0.717, 1.165) is 12.8 Å². The van der Waals surface area contributed by atoms with Crippen molar-refractivity contribution in [2.75, 3.05) is 5.32 Å². The highest BCUT2D eigenvalue weighted by Crippen LogP contribution is 2.21. The zero-order valence-corrected chi connectivity index (χ0v) is 11.4. The van der Waals surface area contributed by atoms with Crippen molar-refractivity contribution in [3.05, 3.63) is 29.0 Å². The molecule has 0 saturated heterocycles. The Morgan fingerprint density at radius 3 is 2.68 bits per heavy atom. The van der Waals surface area contributed by atoms with Gasteiger partial charge in [-0.3, -0.25) is 5.43 Å². The summed E-state index contributed by atoms with van der Waals surface area (Å²) in [6, 6.07) is 4.77. The fourth-order valence-electron chi connectivity index (χ4n) is 2.21. The highest BCUT2D eigenvalue weighted by atomic mass is 35.5. The third-order valence-electron chi connectivity index (χ3n) is 3.21. The molecule has 4 nitrogen and oxygen atoms in total. The lowest BCUT2D eigenvalue weighted by Crippen LogP contribution is -2.37. The zero-order chi connectivity index (χ0) is 13.7. The van der Waals surface area contributed by atoms with E-state index in [9.17, 15) is 4.39 Å². The fraction of sp³-hybridized carbons (Fsp3) is 0.462. The van der Waals surface area contributed by atoms with Gasteiger partial charge in [0.05, 0.1) is 11.1 Å². The van der Waals surface area contributed by atoms with Gasteiger partial charge in [-0.15, -0.1) is 0 Å². The molecule has 0 aromatic heterocycles. The van der Waals surface area contributed by atoms with E-state index in [-0.39, 0.29) is 11.1 Å². The monoisotopic (exact) mass is 284 g/mol. The van der Waals surface area contributed by atoms with Gasteiger partial charge in [-0.05, 0) is 31.0 Å². The lowest BCUT2D eigenvalue weighted by atomic mass is 9.96. The smallest absolute Gasteiger partial charge is 0.210 e. The minimum absolute atomic E-state index is 0.0945. The molecule has 1 saturated carbocycles. The Kier molecular flexibility index (Phi) is 4.99. The first-order valence-electron chi connectivity index (χ1n) is 6.45. The van der Waals surface area contributed by atoms with Gasteiger partial charge in [0.15, 0.2) is 0 Å². The predicted molar refractivity (Wildman–Crippen MR) is 76.7 cm³/mol. The van der Waals surface area contributed by atoms with Gasteiger partial charge in [-0.2, -0.15) is 0 Å². The van der Waals surface area contributed by atoms with E-state index >= 15 is 0 Å². The Bertz CT molecular complexity index is 458. The zero-order valence-electron chi connectivity index (χ0n) is 10.6. The number of anilines is 1. The quantitative estimate of drug-likeness (QED) is 0.338. The summed E-state index contributed by atoms with van der Waals surface area (Å²) in [6.45, 7) is 0. The number of nitrogens with zero attached hydrogens (tertiary/aromatic N) is 1. The Morgan fingerprint density at radius 2 is 2.05 bits per heavy atom. The number of nitrogens with two attached hydrogens (primary N) is 1. The Labute approximate surface area is 117 Å². The highest BCUT2D eigenvalue weighted by Gasteiger charge is 2.13. The van der Waals surface area contributed by atoms with Crippen LogP contribution >= 0.6 is 11.6 Å². The first kappa shape index (κ1) is 14.1. The number of rotatable bonds is 2. The van der Waals surface area contributed by atoms with Gasteiger partial charge >= 0.3 is 0 Å². The number of benzene rings is 1. The highest BCUT2D eigenvalue weighted by molar-refractivity contribution is 6.30. The molecule has 2 rings (SSSR count). The predicted octanol–water partition coefficient (Wildman–Crippen LogP) is 3.04. The second kappa shape index (κ2) is 6.73. The van der Waals surface area contributed by atoms with Crippen molar-refractivity contribution in [1.29, 1.82) is 0 Å². The molecule has 0 amide bonds. The molecule has 104 valence electrons. The number of nitrogens with one attached hydrogen (secondary N) is 2. The molecule has 6 heteroatoms. The third kappa shape index (κ3) is 4.08. The number of hydrogen-bond acceptors (Lipinski definition) is 2. The maximum atomic E-state index is 13.3. The summed E-state index contributed by atoms with van der Waals surface area (Å²) >= 11 is 5.63. The van der Waals surface area contributed by atoms with Crippen LogP contribution in [0.1, 0.15) is 32.1 Å². The second-order valence-corrected chi connectivity index (χ2v) is 5.07. The maximum absolute atomic E-state index is 13.3. The summed E-state index contributed by atoms with van der Waals surface area (Å²) in [5, 5.41) is 3.05. The number of halogens is 2. The standard InChI is InChI=1S/C13H18ClFN4/c14-11-7-6-10(8-12(11)15)18-13(19-16)17-9-4-2-1-3-5-9/h6-9H,1-5,16H2,(H2,17,18,19). The molecule has 1 aliphatic carbocycles. The van der Waals surface area contributed by atoms with Crippen LogP contribution < -0.4 is 16.6 Å². The number of guanidine groups is 1. The Hall–Kier alpha value is -1.33. The van der Waals surface area contributed by atoms with Crippen LogP contribution in [0, 0.1) is 5.82 Å². The molecule has 0 unspecified atom stereocenters. The molecule has 1 aromatic rings. The molecule has 1 aromatic carbocycles. The fourth-order valence-corrected chi connectivity index (χ4v) is 2.33. The average molecular weight is 285 g/mol. The minimum atomic E-state index is -0.472. The van der Waals surface area contributed by atoms with Gasteiger partial charge in [0, 0.05) is 5.69 Å². The van der Waals surface area contributed by atoms with E-state index in [1.54, 1.807) is 6.07 Å². The molecule has 19 heavy (non-hydrogen) atoms. The van der Waals surface area contributed by atoms with Crippen molar-refractivity contribution in [1.82, 2.24) is 5.43 Å². The molecule has 1 aliphatic rings. The van der Waals surface area contributed by atoms with Crippen molar-refractivity contribution in [3.8, 4) is 0 Å². The van der Waals surface area contributed by atoms with Crippen LogP contribution in [0.5, 0.6) is 0 Å². The van der Waals surface area contributed by atoms with Crippen molar-refractivity contribution in [2.24, 2.45) is 10.8 Å². The lowest BCUT2D eigenvalue weighted by molar-refractivity contribution is 0.442. The average Bonchev–Trinajstić information content (AvgIpc) is 2.43. The molecule has 4 N–H and O–H groups in total. The summed E-state index contributed by atoms with van der Waals surface area (Å²) in [6.07, 6.45) is 5.81. The first-order valence-corrected chi connectivity index (χ1v) is 6.83. The van der Waals surface area contributed by atoms with Crippen LogP contribution in [0.25, 0.3) is 0 Å². The van der Waals surface area contributed by atoms with Gasteiger partial charge in [-0.25, -0.2) is 15.2 Å². The van der Waals surface area contributed by atoms with Crippen molar-refractivity contribution in [3.63, 3.8) is 0 Å². The summed E-state index contributed by atoms with van der Waals surface area (Å²) in [5.41, 5.74) is 3.08. The maximum Gasteiger partial charge on any atom is 0.210 e. The molecule has 0 radical (unpaired) electrons. The summed E-state index contributed by atoms with van der Waals surface area (Å²) in [4.78, 5) is 4.52. The van der Waals surface area contributed by atoms with Crippen molar-refractivity contribution in [2.45, 2.75) is 38.1 Å². The molecular formula is C13H18ClFN4. The van der Waals surface area contributed by atoms with Crippen LogP contribution in [-0.2, 0) is 0 Å². The van der Waals surface area contributed by atoms with Crippen LogP contribution in [0.15, 0.2) is 23.2 Å². The first-order chi connectivity index (χ1) is 9.19. The number of hydrogen-bond donors (Lipinski definition) is 3. The molecule has 1 fully saturated rings. The summed E-state index contributed by atoms with van der Waals surface area (Å²) in [5.74, 6) is 5.42. The van der Waals surface area contributed by atoms with Gasteiger partial charge < -0.3 is 5.32 Å². The SMILES string of the molecule is NNC(=NC1CCCCC1)Nc1ccc(Cl)c(F)c1. The van der Waals surface area contributed by atoms with E-state index in [0.29, 0.717) is 11.6 Å². The van der Waals surface area contributed by atoms with E-state index in [1.165, 1.54) is 31.4 Å². The van der Waals surface area contributed by atoms with Gasteiger partial charge in [-0.1, -0.05) is 30.9 Å². The third-order valence-corrected chi connectivity index (χ3v) is 3.51. The molecule has 0 heterocycles. The normalized spacial score (nSPS) is 17.3. The number of aliphatic imine (C=N–C) groups is 1. The molecule has 0 bridgehead atoms.